The van der Waals surface area contributed by atoms with Gasteiger partial charge in [0.1, 0.15) is 6.29 Å². The molecular weight excluding hydrogens is 320 g/mol. The van der Waals surface area contributed by atoms with Crippen molar-refractivity contribution in [1.29, 1.82) is 0 Å². The van der Waals surface area contributed by atoms with Crippen molar-refractivity contribution >= 4 is 6.29 Å². The maximum Gasteiger partial charge on any atom is 0.130 e. The first-order valence-electron chi connectivity index (χ1n) is 10.5. The van der Waals surface area contributed by atoms with E-state index in [9.17, 15) is 4.79 Å². The van der Waals surface area contributed by atoms with Crippen molar-refractivity contribution < 1.29 is 4.79 Å². The number of hydrogen-bond acceptors (Lipinski definition) is 3. The van der Waals surface area contributed by atoms with Crippen LogP contribution in [0.15, 0.2) is 24.3 Å². The predicted molar refractivity (Wildman–Crippen MR) is 109 cm³/mol. The Morgan fingerprint density at radius 2 is 1.85 bits per heavy atom. The largest absolute Gasteiger partial charge is 0.314 e. The fraction of sp³-hybridized carbons (Fsp3) is 0.696. The highest BCUT2D eigenvalue weighted by atomic mass is 16.1. The van der Waals surface area contributed by atoms with E-state index in [1.54, 1.807) is 0 Å². The smallest absolute Gasteiger partial charge is 0.130 e. The molecule has 1 N–H and O–H groups in total. The molecule has 3 nitrogen and oxygen atoms in total. The number of aldehydes is 1. The molecule has 0 amide bonds. The number of hydrogen-bond donors (Lipinski definition) is 1. The van der Waals surface area contributed by atoms with Crippen LogP contribution in [0.5, 0.6) is 0 Å². The van der Waals surface area contributed by atoms with Crippen molar-refractivity contribution in [3.8, 4) is 0 Å². The molecule has 2 saturated carbocycles. The fourth-order valence-electron chi connectivity index (χ4n) is 3.86. The molecule has 1 aromatic carbocycles. The Morgan fingerprint density at radius 3 is 2.35 bits per heavy atom. The number of carbonyl (C=O) groups is 1. The summed E-state index contributed by atoms with van der Waals surface area (Å²) < 4.78 is 0. The summed E-state index contributed by atoms with van der Waals surface area (Å²) in [6, 6.07) is 10.00. The average Bonchev–Trinajstić information content (AvgIpc) is 3.56. The average molecular weight is 357 g/mol. The monoisotopic (exact) mass is 356 g/mol. The molecule has 0 unspecified atom stereocenters. The normalized spacial score (nSPS) is 26.8. The summed E-state index contributed by atoms with van der Waals surface area (Å²) in [5.41, 5.74) is 2.33. The second-order valence-corrected chi connectivity index (χ2v) is 8.93. The number of nitrogens with zero attached hydrogens (tertiary/aromatic N) is 1. The number of rotatable bonds is 6. The van der Waals surface area contributed by atoms with E-state index in [1.165, 1.54) is 56.3 Å². The van der Waals surface area contributed by atoms with Crippen LogP contribution in [0, 0.1) is 12.8 Å². The molecule has 144 valence electrons. The van der Waals surface area contributed by atoms with Gasteiger partial charge in [-0.2, -0.15) is 0 Å². The van der Waals surface area contributed by atoms with Gasteiger partial charge in [-0.25, -0.2) is 0 Å². The summed E-state index contributed by atoms with van der Waals surface area (Å²) in [6.07, 6.45) is 10.2. The minimum absolute atomic E-state index is 0.103. The Kier molecular flexibility index (Phi) is 6.52. The number of piperidine rings is 1. The second kappa shape index (κ2) is 8.67. The third kappa shape index (κ3) is 5.40. The summed E-state index contributed by atoms with van der Waals surface area (Å²) in [4.78, 5) is 13.3. The Balaban J connectivity index is 0.000000152. The van der Waals surface area contributed by atoms with Gasteiger partial charge < -0.3 is 15.0 Å². The van der Waals surface area contributed by atoms with Crippen molar-refractivity contribution in [3.63, 3.8) is 0 Å². The van der Waals surface area contributed by atoms with E-state index in [1.807, 2.05) is 0 Å². The lowest BCUT2D eigenvalue weighted by Gasteiger charge is -2.29. The summed E-state index contributed by atoms with van der Waals surface area (Å²) >= 11 is 0. The number of aryl methyl sites for hydroxylation is 1. The fourth-order valence-corrected chi connectivity index (χ4v) is 3.86. The first-order chi connectivity index (χ1) is 12.5. The van der Waals surface area contributed by atoms with Crippen molar-refractivity contribution in [2.45, 2.75) is 76.3 Å². The Morgan fingerprint density at radius 1 is 1.15 bits per heavy atom. The van der Waals surface area contributed by atoms with E-state index in [0.29, 0.717) is 0 Å². The molecule has 3 heteroatoms. The van der Waals surface area contributed by atoms with Gasteiger partial charge in [-0.1, -0.05) is 36.8 Å². The van der Waals surface area contributed by atoms with Crippen LogP contribution in [0.2, 0.25) is 0 Å². The lowest BCUT2D eigenvalue weighted by Crippen LogP contribution is -2.40. The van der Waals surface area contributed by atoms with E-state index in [2.05, 4.69) is 55.4 Å². The number of nitrogens with one attached hydrogen (secondary N) is 1. The van der Waals surface area contributed by atoms with Gasteiger partial charge in [0.15, 0.2) is 0 Å². The van der Waals surface area contributed by atoms with Crippen LogP contribution >= 0.6 is 0 Å². The lowest BCUT2D eigenvalue weighted by atomic mass is 9.95. The van der Waals surface area contributed by atoms with Gasteiger partial charge in [0.25, 0.3) is 0 Å². The quantitative estimate of drug-likeness (QED) is 0.780. The van der Waals surface area contributed by atoms with Gasteiger partial charge in [0.05, 0.1) is 5.41 Å². The minimum Gasteiger partial charge on any atom is -0.314 e. The SMILES string of the molecule is C[C@@H]1CC[C@H](CCN(C)C2CC2)NC1.Cc1ccc(C2(C=O)CC2)cc1. The van der Waals surface area contributed by atoms with Crippen LogP contribution in [0.4, 0.5) is 0 Å². The van der Waals surface area contributed by atoms with Crippen molar-refractivity contribution in [2.24, 2.45) is 5.92 Å². The first-order valence-corrected chi connectivity index (χ1v) is 10.5. The molecular formula is C23H36N2O. The van der Waals surface area contributed by atoms with Crippen LogP contribution < -0.4 is 5.32 Å². The number of benzene rings is 1. The molecule has 1 heterocycles. The van der Waals surface area contributed by atoms with Crippen molar-refractivity contribution in [1.82, 2.24) is 10.2 Å². The zero-order valence-corrected chi connectivity index (χ0v) is 16.8. The van der Waals surface area contributed by atoms with Crippen molar-refractivity contribution in [3.05, 3.63) is 35.4 Å². The minimum atomic E-state index is -0.103. The van der Waals surface area contributed by atoms with Gasteiger partial charge in [0, 0.05) is 12.1 Å². The van der Waals surface area contributed by atoms with Gasteiger partial charge >= 0.3 is 0 Å². The Hall–Kier alpha value is -1.19. The molecule has 0 aromatic heterocycles. The van der Waals surface area contributed by atoms with E-state index in [4.69, 9.17) is 0 Å². The van der Waals surface area contributed by atoms with Crippen LogP contribution in [0.3, 0.4) is 0 Å². The molecule has 0 bridgehead atoms. The molecule has 4 rings (SSSR count). The number of carbonyl (C=O) groups excluding carboxylic acids is 1. The van der Waals surface area contributed by atoms with Crippen LogP contribution in [0.1, 0.15) is 63.0 Å². The predicted octanol–water partition coefficient (Wildman–Crippen LogP) is 4.08. The Bertz CT molecular complexity index is 566. The lowest BCUT2D eigenvalue weighted by molar-refractivity contribution is -0.109. The van der Waals surface area contributed by atoms with Gasteiger partial charge in [-0.05, 0) is 83.5 Å². The summed E-state index contributed by atoms with van der Waals surface area (Å²) in [6.45, 7) is 6.93. The summed E-state index contributed by atoms with van der Waals surface area (Å²) in [5, 5.41) is 3.66. The first kappa shape index (κ1) is 19.6. The molecule has 3 aliphatic rings. The zero-order chi connectivity index (χ0) is 18.6. The molecule has 1 aliphatic heterocycles. The van der Waals surface area contributed by atoms with Crippen LogP contribution in [-0.2, 0) is 10.2 Å². The van der Waals surface area contributed by atoms with E-state index >= 15 is 0 Å². The maximum absolute atomic E-state index is 10.8. The molecule has 2 aliphatic carbocycles. The zero-order valence-electron chi connectivity index (χ0n) is 16.8. The highest BCUT2D eigenvalue weighted by Gasteiger charge is 2.43. The summed E-state index contributed by atoms with van der Waals surface area (Å²) in [7, 11) is 2.28. The molecule has 3 fully saturated rings. The molecule has 0 radical (unpaired) electrons. The van der Waals surface area contributed by atoms with Gasteiger partial charge in [-0.15, -0.1) is 0 Å². The molecule has 1 aromatic rings. The standard InChI is InChI=1S/C12H24N2.C11H12O/c1-10-3-4-11(13-9-10)7-8-14(2)12-5-6-12;1-9-2-4-10(5-3-9)11(8-12)6-7-11/h10-13H,3-9H2,1-2H3;2-5,8H,6-7H2,1H3/t10-,11-;/m1./s1. The third-order valence-corrected chi connectivity index (χ3v) is 6.40. The molecule has 1 saturated heterocycles. The molecule has 0 spiro atoms. The van der Waals surface area contributed by atoms with E-state index in [0.717, 1.165) is 37.1 Å². The van der Waals surface area contributed by atoms with Crippen LogP contribution in [0.25, 0.3) is 0 Å². The van der Waals surface area contributed by atoms with Crippen LogP contribution in [-0.4, -0.2) is 43.4 Å². The molecule has 26 heavy (non-hydrogen) atoms. The Labute approximate surface area is 159 Å². The van der Waals surface area contributed by atoms with E-state index < -0.39 is 0 Å². The van der Waals surface area contributed by atoms with E-state index in [-0.39, 0.29) is 5.41 Å². The maximum atomic E-state index is 10.8. The van der Waals surface area contributed by atoms with Gasteiger partial charge in [-0.3, -0.25) is 0 Å². The highest BCUT2D eigenvalue weighted by molar-refractivity contribution is 5.73. The summed E-state index contributed by atoms with van der Waals surface area (Å²) in [5.74, 6) is 0.896. The molecule has 2 atom stereocenters. The van der Waals surface area contributed by atoms with Gasteiger partial charge in [0.2, 0.25) is 0 Å². The highest BCUT2D eigenvalue weighted by Crippen LogP contribution is 2.46. The third-order valence-electron chi connectivity index (χ3n) is 6.40. The topological polar surface area (TPSA) is 32.3 Å². The van der Waals surface area contributed by atoms with Crippen molar-refractivity contribution in [2.75, 3.05) is 20.1 Å². The second-order valence-electron chi connectivity index (χ2n) is 8.93.